The first-order valence-electron chi connectivity index (χ1n) is 8.76. The lowest BCUT2D eigenvalue weighted by Gasteiger charge is -2.13. The monoisotopic (exact) mass is 397 g/mol. The number of methoxy groups -OCH3 is 1. The van der Waals surface area contributed by atoms with Crippen LogP contribution in [0.4, 0.5) is 17.2 Å². The van der Waals surface area contributed by atoms with Gasteiger partial charge >= 0.3 is 0 Å². The van der Waals surface area contributed by atoms with Gasteiger partial charge in [-0.2, -0.15) is 0 Å². The van der Waals surface area contributed by atoms with Crippen LogP contribution in [0, 0.1) is 20.8 Å². The molecule has 0 amide bonds. The van der Waals surface area contributed by atoms with Gasteiger partial charge in [-0.25, -0.2) is 13.4 Å². The molecule has 7 heteroatoms. The van der Waals surface area contributed by atoms with E-state index in [1.807, 2.05) is 26.8 Å². The van der Waals surface area contributed by atoms with Crippen molar-refractivity contribution >= 4 is 27.2 Å². The fourth-order valence-electron chi connectivity index (χ4n) is 2.74. The number of aromatic nitrogens is 1. The predicted octanol–water partition coefficient (Wildman–Crippen LogP) is 4.56. The molecule has 0 bridgehead atoms. The number of anilines is 3. The van der Waals surface area contributed by atoms with Gasteiger partial charge in [-0.15, -0.1) is 0 Å². The van der Waals surface area contributed by atoms with Crippen LogP contribution in [0.5, 0.6) is 5.75 Å². The highest BCUT2D eigenvalue weighted by Crippen LogP contribution is 2.27. The Hall–Kier alpha value is -3.06. The molecule has 0 radical (unpaired) electrons. The molecule has 0 unspecified atom stereocenters. The number of benzene rings is 2. The van der Waals surface area contributed by atoms with Crippen molar-refractivity contribution < 1.29 is 13.2 Å². The molecule has 0 aliphatic rings. The third-order valence-electron chi connectivity index (χ3n) is 4.28. The molecule has 1 aromatic heterocycles. The van der Waals surface area contributed by atoms with Crippen molar-refractivity contribution in [2.45, 2.75) is 25.7 Å². The Morgan fingerprint density at radius 1 is 0.929 bits per heavy atom. The number of pyridine rings is 1. The molecule has 0 atom stereocenters. The molecule has 3 rings (SSSR count). The average Bonchev–Trinajstić information content (AvgIpc) is 2.66. The fraction of sp³-hybridized carbons (Fsp3) is 0.190. The highest BCUT2D eigenvalue weighted by molar-refractivity contribution is 7.92. The first-order chi connectivity index (χ1) is 13.3. The van der Waals surface area contributed by atoms with Crippen molar-refractivity contribution in [3.63, 3.8) is 0 Å². The molecule has 0 saturated heterocycles. The molecule has 146 valence electrons. The quantitative estimate of drug-likeness (QED) is 0.637. The van der Waals surface area contributed by atoms with Gasteiger partial charge < -0.3 is 10.1 Å². The lowest BCUT2D eigenvalue weighted by Crippen LogP contribution is -2.15. The second-order valence-corrected chi connectivity index (χ2v) is 8.29. The van der Waals surface area contributed by atoms with Crippen LogP contribution in [0.25, 0.3) is 0 Å². The van der Waals surface area contributed by atoms with Crippen molar-refractivity contribution in [1.29, 1.82) is 0 Å². The van der Waals surface area contributed by atoms with Crippen LogP contribution in [0.15, 0.2) is 59.6 Å². The zero-order chi connectivity index (χ0) is 20.3. The van der Waals surface area contributed by atoms with E-state index in [-0.39, 0.29) is 16.5 Å². The topological polar surface area (TPSA) is 80.3 Å². The zero-order valence-electron chi connectivity index (χ0n) is 16.3. The summed E-state index contributed by atoms with van der Waals surface area (Å²) in [5.74, 6) is 0.515. The Kier molecular flexibility index (Phi) is 5.56. The molecule has 2 aromatic carbocycles. The Morgan fingerprint density at radius 3 is 2.32 bits per heavy atom. The van der Waals surface area contributed by atoms with Crippen LogP contribution in [0.2, 0.25) is 0 Å². The summed E-state index contributed by atoms with van der Waals surface area (Å²) in [5.41, 5.74) is 4.84. The lowest BCUT2D eigenvalue weighted by molar-refractivity contribution is 0.402. The summed E-state index contributed by atoms with van der Waals surface area (Å²) in [7, 11) is -2.38. The van der Waals surface area contributed by atoms with E-state index in [1.54, 1.807) is 36.5 Å². The van der Waals surface area contributed by atoms with Gasteiger partial charge in [0.15, 0.2) is 0 Å². The number of hydrogen-bond acceptors (Lipinski definition) is 5. The van der Waals surface area contributed by atoms with Crippen molar-refractivity contribution in [2.24, 2.45) is 0 Å². The van der Waals surface area contributed by atoms with Gasteiger partial charge in [0, 0.05) is 5.69 Å². The molecule has 1 heterocycles. The molecular weight excluding hydrogens is 374 g/mol. The number of sulfonamides is 1. The van der Waals surface area contributed by atoms with Crippen LogP contribution in [0.3, 0.4) is 0 Å². The van der Waals surface area contributed by atoms with Gasteiger partial charge in [0.25, 0.3) is 10.0 Å². The molecule has 0 aliphatic heterocycles. The van der Waals surface area contributed by atoms with Crippen molar-refractivity contribution in [3.8, 4) is 5.75 Å². The van der Waals surface area contributed by atoms with E-state index < -0.39 is 10.0 Å². The van der Waals surface area contributed by atoms with E-state index in [0.717, 1.165) is 28.1 Å². The maximum atomic E-state index is 12.7. The normalized spacial score (nSPS) is 11.1. The van der Waals surface area contributed by atoms with E-state index in [1.165, 1.54) is 7.11 Å². The molecule has 0 aliphatic carbocycles. The van der Waals surface area contributed by atoms with Gasteiger partial charge in [0.1, 0.15) is 16.5 Å². The summed E-state index contributed by atoms with van der Waals surface area (Å²) in [6.07, 6.45) is 1.59. The number of aryl methyl sites for hydroxylation is 3. The highest BCUT2D eigenvalue weighted by Gasteiger charge is 2.20. The zero-order valence-corrected chi connectivity index (χ0v) is 17.1. The largest absolute Gasteiger partial charge is 0.495 e. The van der Waals surface area contributed by atoms with Crippen molar-refractivity contribution in [1.82, 2.24) is 4.98 Å². The van der Waals surface area contributed by atoms with Crippen LogP contribution in [0.1, 0.15) is 16.7 Å². The maximum absolute atomic E-state index is 12.7. The summed E-state index contributed by atoms with van der Waals surface area (Å²) in [6.45, 7) is 5.87. The standard InChI is InChI=1S/C21H23N3O3S/c1-14-5-7-16(3)18(11-14)23-17-8-10-21(22-13-17)24-28(25,26)20-12-15(2)6-9-19(20)27-4/h5-13,23H,1-4H3,(H,22,24). The number of nitrogens with one attached hydrogen (secondary N) is 2. The second-order valence-electron chi connectivity index (χ2n) is 6.64. The molecule has 0 saturated carbocycles. The van der Waals surface area contributed by atoms with E-state index in [9.17, 15) is 8.42 Å². The van der Waals surface area contributed by atoms with Gasteiger partial charge in [-0.3, -0.25) is 4.72 Å². The second kappa shape index (κ2) is 7.90. The Bertz CT molecular complexity index is 1090. The Balaban J connectivity index is 1.80. The van der Waals surface area contributed by atoms with Gasteiger partial charge in [-0.1, -0.05) is 18.2 Å². The molecule has 0 fully saturated rings. The van der Waals surface area contributed by atoms with E-state index in [2.05, 4.69) is 27.2 Å². The van der Waals surface area contributed by atoms with E-state index in [4.69, 9.17) is 4.74 Å². The molecule has 3 aromatic rings. The Labute approximate surface area is 165 Å². The maximum Gasteiger partial charge on any atom is 0.266 e. The number of nitrogens with zero attached hydrogens (tertiary/aromatic N) is 1. The van der Waals surface area contributed by atoms with E-state index >= 15 is 0 Å². The molecule has 28 heavy (non-hydrogen) atoms. The fourth-order valence-corrected chi connectivity index (χ4v) is 4.00. The molecule has 2 N–H and O–H groups in total. The summed E-state index contributed by atoms with van der Waals surface area (Å²) < 4.78 is 33.2. The summed E-state index contributed by atoms with van der Waals surface area (Å²) in [6, 6.07) is 14.5. The number of hydrogen-bond donors (Lipinski definition) is 2. The van der Waals surface area contributed by atoms with Gasteiger partial charge in [0.05, 0.1) is 19.0 Å². The SMILES string of the molecule is COc1ccc(C)cc1S(=O)(=O)Nc1ccc(Nc2cc(C)ccc2C)cn1. The van der Waals surface area contributed by atoms with Crippen LogP contribution < -0.4 is 14.8 Å². The number of ether oxygens (including phenoxy) is 1. The van der Waals surface area contributed by atoms with E-state index in [0.29, 0.717) is 0 Å². The van der Waals surface area contributed by atoms with Crippen molar-refractivity contribution in [3.05, 3.63) is 71.4 Å². The van der Waals surface area contributed by atoms with Crippen LogP contribution in [-0.2, 0) is 10.0 Å². The summed E-state index contributed by atoms with van der Waals surface area (Å²) >= 11 is 0. The third kappa shape index (κ3) is 4.43. The highest BCUT2D eigenvalue weighted by atomic mass is 32.2. The first-order valence-corrected chi connectivity index (χ1v) is 10.2. The van der Waals surface area contributed by atoms with Crippen LogP contribution >= 0.6 is 0 Å². The number of rotatable bonds is 6. The molecular formula is C21H23N3O3S. The smallest absolute Gasteiger partial charge is 0.266 e. The van der Waals surface area contributed by atoms with Crippen molar-refractivity contribution in [2.75, 3.05) is 17.1 Å². The average molecular weight is 398 g/mol. The van der Waals surface area contributed by atoms with Gasteiger partial charge in [-0.05, 0) is 67.8 Å². The van der Waals surface area contributed by atoms with Crippen LogP contribution in [-0.4, -0.2) is 20.5 Å². The minimum absolute atomic E-state index is 0.0781. The summed E-state index contributed by atoms with van der Waals surface area (Å²) in [4.78, 5) is 4.30. The predicted molar refractivity (Wildman–Crippen MR) is 112 cm³/mol. The lowest BCUT2D eigenvalue weighted by atomic mass is 10.1. The summed E-state index contributed by atoms with van der Waals surface area (Å²) in [5, 5.41) is 3.30. The first kappa shape index (κ1) is 19.7. The third-order valence-corrected chi connectivity index (χ3v) is 5.66. The Morgan fingerprint density at radius 2 is 1.64 bits per heavy atom. The molecule has 6 nitrogen and oxygen atoms in total. The van der Waals surface area contributed by atoms with Gasteiger partial charge in [0.2, 0.25) is 0 Å². The minimum atomic E-state index is -3.82. The molecule has 0 spiro atoms. The minimum Gasteiger partial charge on any atom is -0.495 e.